The minimum absolute atomic E-state index is 0.222. The first kappa shape index (κ1) is 13.1. The monoisotopic (exact) mass is 297 g/mol. The number of carbonyl (C=O) groups excluding carboxylic acids is 1. The fourth-order valence-electron chi connectivity index (χ4n) is 2.22. The Morgan fingerprint density at radius 3 is 2.65 bits per heavy atom. The number of ether oxygens (including phenoxy) is 2. The SMILES string of the molecule is O=C(O)C1CN(C(=O)c2cc(Cl)c3c(c2)OCCO3)C1. The summed E-state index contributed by atoms with van der Waals surface area (Å²) in [4.78, 5) is 24.4. The van der Waals surface area contributed by atoms with Crippen LogP contribution in [0, 0.1) is 5.92 Å². The number of aliphatic carboxylic acids is 1. The minimum Gasteiger partial charge on any atom is -0.486 e. The zero-order valence-corrected chi connectivity index (χ0v) is 11.2. The second-order valence-corrected chi connectivity index (χ2v) is 5.13. The lowest BCUT2D eigenvalue weighted by atomic mass is 9.99. The van der Waals surface area contributed by atoms with Gasteiger partial charge in [-0.15, -0.1) is 0 Å². The van der Waals surface area contributed by atoms with Crippen LogP contribution in [0.3, 0.4) is 0 Å². The van der Waals surface area contributed by atoms with E-state index in [0.29, 0.717) is 35.3 Å². The Balaban J connectivity index is 1.79. The van der Waals surface area contributed by atoms with E-state index in [1.165, 1.54) is 11.0 Å². The molecule has 2 heterocycles. The number of benzene rings is 1. The lowest BCUT2D eigenvalue weighted by Crippen LogP contribution is -2.53. The molecule has 1 amide bonds. The number of hydrogen-bond donors (Lipinski definition) is 1. The molecule has 0 atom stereocenters. The molecule has 0 spiro atoms. The fourth-order valence-corrected chi connectivity index (χ4v) is 2.48. The van der Waals surface area contributed by atoms with Crippen LogP contribution >= 0.6 is 11.6 Å². The Kier molecular flexibility index (Phi) is 3.17. The number of nitrogens with zero attached hydrogens (tertiary/aromatic N) is 1. The third kappa shape index (κ3) is 2.16. The normalized spacial score (nSPS) is 17.6. The number of likely N-dealkylation sites (tertiary alicyclic amines) is 1. The highest BCUT2D eigenvalue weighted by atomic mass is 35.5. The minimum atomic E-state index is -0.880. The average molecular weight is 298 g/mol. The highest BCUT2D eigenvalue weighted by Crippen LogP contribution is 2.38. The molecule has 2 aliphatic heterocycles. The highest BCUT2D eigenvalue weighted by molar-refractivity contribution is 6.32. The zero-order valence-electron chi connectivity index (χ0n) is 10.5. The molecule has 1 saturated heterocycles. The molecule has 1 fully saturated rings. The highest BCUT2D eigenvalue weighted by Gasteiger charge is 2.36. The van der Waals surface area contributed by atoms with Gasteiger partial charge in [0.2, 0.25) is 0 Å². The predicted octanol–water partition coefficient (Wildman–Crippen LogP) is 1.27. The molecule has 1 aromatic rings. The van der Waals surface area contributed by atoms with Gasteiger partial charge >= 0.3 is 5.97 Å². The maximum atomic E-state index is 12.2. The quantitative estimate of drug-likeness (QED) is 0.889. The lowest BCUT2D eigenvalue weighted by molar-refractivity contribution is -0.146. The van der Waals surface area contributed by atoms with Crippen LogP contribution in [0.2, 0.25) is 5.02 Å². The van der Waals surface area contributed by atoms with E-state index < -0.39 is 11.9 Å². The van der Waals surface area contributed by atoms with Gasteiger partial charge in [-0.3, -0.25) is 9.59 Å². The Bertz CT molecular complexity index is 582. The van der Waals surface area contributed by atoms with Gasteiger partial charge in [-0.2, -0.15) is 0 Å². The van der Waals surface area contributed by atoms with E-state index in [1.54, 1.807) is 6.07 Å². The molecule has 1 aromatic carbocycles. The maximum Gasteiger partial charge on any atom is 0.310 e. The lowest BCUT2D eigenvalue weighted by Gasteiger charge is -2.36. The summed E-state index contributed by atoms with van der Waals surface area (Å²) in [5.41, 5.74) is 0.378. The van der Waals surface area contributed by atoms with Crippen LogP contribution in [0.5, 0.6) is 11.5 Å². The number of rotatable bonds is 2. The number of carbonyl (C=O) groups is 2. The van der Waals surface area contributed by atoms with Gasteiger partial charge < -0.3 is 19.5 Å². The number of hydrogen-bond acceptors (Lipinski definition) is 4. The van der Waals surface area contributed by atoms with Crippen molar-refractivity contribution in [3.63, 3.8) is 0 Å². The van der Waals surface area contributed by atoms with Crippen molar-refractivity contribution in [2.24, 2.45) is 5.92 Å². The summed E-state index contributed by atoms with van der Waals surface area (Å²) in [6.07, 6.45) is 0. The van der Waals surface area contributed by atoms with Crippen LogP contribution in [-0.2, 0) is 4.79 Å². The standard InChI is InChI=1S/C13H12ClNO5/c14-9-3-7(4-10-11(9)20-2-1-19-10)12(16)15-5-8(6-15)13(17)18/h3-4,8H,1-2,5-6H2,(H,17,18). The molecule has 0 aliphatic carbocycles. The van der Waals surface area contributed by atoms with Crippen LogP contribution in [-0.4, -0.2) is 48.2 Å². The molecular formula is C13H12ClNO5. The van der Waals surface area contributed by atoms with Crippen molar-refractivity contribution in [1.29, 1.82) is 0 Å². The van der Waals surface area contributed by atoms with E-state index in [0.717, 1.165) is 0 Å². The molecule has 0 radical (unpaired) electrons. The summed E-state index contributed by atoms with van der Waals surface area (Å²) in [5.74, 6) is -0.717. The second-order valence-electron chi connectivity index (χ2n) is 4.73. The molecule has 7 heteroatoms. The second kappa shape index (κ2) is 4.86. The fraction of sp³-hybridized carbons (Fsp3) is 0.385. The van der Waals surface area contributed by atoms with Crippen molar-refractivity contribution >= 4 is 23.5 Å². The van der Waals surface area contributed by atoms with Crippen molar-refractivity contribution in [2.75, 3.05) is 26.3 Å². The predicted molar refractivity (Wildman–Crippen MR) is 69.5 cm³/mol. The van der Waals surface area contributed by atoms with Gasteiger partial charge in [-0.1, -0.05) is 11.6 Å². The smallest absolute Gasteiger partial charge is 0.310 e. The van der Waals surface area contributed by atoms with Gasteiger partial charge in [0.15, 0.2) is 11.5 Å². The van der Waals surface area contributed by atoms with Crippen molar-refractivity contribution < 1.29 is 24.2 Å². The van der Waals surface area contributed by atoms with Crippen molar-refractivity contribution in [3.8, 4) is 11.5 Å². The third-order valence-electron chi connectivity index (χ3n) is 3.36. The number of carboxylic acids is 1. The number of fused-ring (bicyclic) bond motifs is 1. The summed E-state index contributed by atoms with van der Waals surface area (Å²) in [5, 5.41) is 9.13. The summed E-state index contributed by atoms with van der Waals surface area (Å²) < 4.78 is 10.8. The maximum absolute atomic E-state index is 12.2. The summed E-state index contributed by atoms with van der Waals surface area (Å²) in [7, 11) is 0. The Hall–Kier alpha value is -1.95. The van der Waals surface area contributed by atoms with Gasteiger partial charge in [-0.05, 0) is 12.1 Å². The van der Waals surface area contributed by atoms with Crippen molar-refractivity contribution in [1.82, 2.24) is 4.90 Å². The van der Waals surface area contributed by atoms with Crippen LogP contribution in [0.25, 0.3) is 0 Å². The third-order valence-corrected chi connectivity index (χ3v) is 3.64. The largest absolute Gasteiger partial charge is 0.486 e. The molecule has 2 aliphatic rings. The topological polar surface area (TPSA) is 76.1 Å². The molecule has 1 N–H and O–H groups in total. The molecule has 6 nitrogen and oxygen atoms in total. The van der Waals surface area contributed by atoms with Crippen LogP contribution in [0.15, 0.2) is 12.1 Å². The van der Waals surface area contributed by atoms with Gasteiger partial charge in [0, 0.05) is 18.7 Å². The van der Waals surface area contributed by atoms with Crippen LogP contribution in [0.4, 0.5) is 0 Å². The van der Waals surface area contributed by atoms with Gasteiger partial charge in [0.25, 0.3) is 5.91 Å². The molecule has 3 rings (SSSR count). The first-order chi connectivity index (χ1) is 9.56. The summed E-state index contributed by atoms with van der Waals surface area (Å²) in [6, 6.07) is 3.10. The summed E-state index contributed by atoms with van der Waals surface area (Å²) >= 11 is 6.07. The molecule has 20 heavy (non-hydrogen) atoms. The molecule has 106 valence electrons. The molecule has 0 aromatic heterocycles. The van der Waals surface area contributed by atoms with E-state index in [1.807, 2.05) is 0 Å². The molecule has 0 bridgehead atoms. The number of amides is 1. The molecular weight excluding hydrogens is 286 g/mol. The first-order valence-corrected chi connectivity index (χ1v) is 6.55. The molecule has 0 saturated carbocycles. The van der Waals surface area contributed by atoms with E-state index in [4.69, 9.17) is 26.2 Å². The van der Waals surface area contributed by atoms with Crippen LogP contribution < -0.4 is 9.47 Å². The number of carboxylic acid groups (broad SMARTS) is 1. The average Bonchev–Trinajstić information content (AvgIpc) is 2.36. The van der Waals surface area contributed by atoms with E-state index in [2.05, 4.69) is 0 Å². The van der Waals surface area contributed by atoms with Crippen molar-refractivity contribution in [2.45, 2.75) is 0 Å². The molecule has 0 unspecified atom stereocenters. The number of halogens is 1. The van der Waals surface area contributed by atoms with Crippen molar-refractivity contribution in [3.05, 3.63) is 22.7 Å². The summed E-state index contributed by atoms with van der Waals surface area (Å²) in [6.45, 7) is 1.28. The van der Waals surface area contributed by atoms with E-state index in [-0.39, 0.29) is 19.0 Å². The Morgan fingerprint density at radius 1 is 1.25 bits per heavy atom. The van der Waals surface area contributed by atoms with Gasteiger partial charge in [-0.25, -0.2) is 0 Å². The zero-order chi connectivity index (χ0) is 14.3. The van der Waals surface area contributed by atoms with E-state index >= 15 is 0 Å². The Labute approximate surface area is 119 Å². The van der Waals surface area contributed by atoms with Gasteiger partial charge in [0.05, 0.1) is 10.9 Å². The first-order valence-electron chi connectivity index (χ1n) is 6.17. The van der Waals surface area contributed by atoms with Gasteiger partial charge in [0.1, 0.15) is 13.2 Å². The van der Waals surface area contributed by atoms with Crippen LogP contribution in [0.1, 0.15) is 10.4 Å². The van der Waals surface area contributed by atoms with E-state index in [9.17, 15) is 9.59 Å². The Morgan fingerprint density at radius 2 is 1.95 bits per heavy atom.